The highest BCUT2D eigenvalue weighted by atomic mass is 16.3. The summed E-state index contributed by atoms with van der Waals surface area (Å²) in [5.74, 6) is 0.0690. The lowest BCUT2D eigenvalue weighted by molar-refractivity contribution is -0.116. The van der Waals surface area contributed by atoms with Gasteiger partial charge in [-0.05, 0) is 24.1 Å². The summed E-state index contributed by atoms with van der Waals surface area (Å²) in [5, 5.41) is 11.8. The normalized spacial score (nSPS) is 27.0. The van der Waals surface area contributed by atoms with Crippen molar-refractivity contribution < 1.29 is 9.90 Å². The number of dihydropyridines is 1. The van der Waals surface area contributed by atoms with Crippen LogP contribution in [0.5, 0.6) is 0 Å². The van der Waals surface area contributed by atoms with Gasteiger partial charge in [-0.2, -0.15) is 0 Å². The fourth-order valence-electron chi connectivity index (χ4n) is 1.42. The summed E-state index contributed by atoms with van der Waals surface area (Å²) < 4.78 is 0. The van der Waals surface area contributed by atoms with Gasteiger partial charge in [-0.3, -0.25) is 4.79 Å². The predicted octanol–water partition coefficient (Wildman–Crippen LogP) is 0.813. The van der Waals surface area contributed by atoms with E-state index < -0.39 is 0 Å². The Labute approximate surface area is 70.1 Å². The number of carbonyl (C=O) groups is 1. The smallest absolute Gasteiger partial charge is 0.184 e. The molecule has 3 nitrogen and oxygen atoms in total. The Bertz CT molecular complexity index is 312. The zero-order chi connectivity index (χ0) is 8.55. The summed E-state index contributed by atoms with van der Waals surface area (Å²) in [6.45, 7) is 0. The molecule has 0 saturated heterocycles. The zero-order valence-electron chi connectivity index (χ0n) is 6.45. The number of ketones is 1. The Morgan fingerprint density at radius 1 is 1.50 bits per heavy atom. The quantitative estimate of drug-likeness (QED) is 0.555. The van der Waals surface area contributed by atoms with Gasteiger partial charge >= 0.3 is 0 Å². The molecule has 0 saturated carbocycles. The molecule has 1 heterocycles. The lowest BCUT2D eigenvalue weighted by Gasteiger charge is -2.24. The Morgan fingerprint density at radius 2 is 2.33 bits per heavy atom. The summed E-state index contributed by atoms with van der Waals surface area (Å²) in [6.07, 6.45) is 7.53. The highest BCUT2D eigenvalue weighted by Crippen LogP contribution is 2.19. The number of hydrogen-bond acceptors (Lipinski definition) is 3. The second-order valence-corrected chi connectivity index (χ2v) is 2.88. The van der Waals surface area contributed by atoms with Gasteiger partial charge in [0.25, 0.3) is 0 Å². The third-order valence-corrected chi connectivity index (χ3v) is 2.04. The maximum absolute atomic E-state index is 11.2. The van der Waals surface area contributed by atoms with Crippen LogP contribution in [0.25, 0.3) is 0 Å². The van der Waals surface area contributed by atoms with Crippen LogP contribution < -0.4 is 5.32 Å². The molecule has 0 fully saturated rings. The van der Waals surface area contributed by atoms with Crippen LogP contribution in [0.4, 0.5) is 0 Å². The summed E-state index contributed by atoms with van der Waals surface area (Å²) in [4.78, 5) is 11.2. The Morgan fingerprint density at radius 3 is 3.17 bits per heavy atom. The van der Waals surface area contributed by atoms with E-state index in [1.807, 2.05) is 6.08 Å². The number of allylic oxidation sites excluding steroid dienone is 3. The van der Waals surface area contributed by atoms with Crippen molar-refractivity contribution in [2.45, 2.75) is 12.5 Å². The molecule has 3 heteroatoms. The Balaban J connectivity index is 2.34. The molecule has 0 aromatic carbocycles. The zero-order valence-corrected chi connectivity index (χ0v) is 6.45. The molecule has 2 aliphatic rings. The number of aliphatic hydroxyl groups is 1. The SMILES string of the molecule is O=C1C=CCC2=CC=C(O)NC12. The predicted molar refractivity (Wildman–Crippen MR) is 44.5 cm³/mol. The van der Waals surface area contributed by atoms with Crippen molar-refractivity contribution in [3.05, 3.63) is 35.8 Å². The molecule has 2 N–H and O–H groups in total. The van der Waals surface area contributed by atoms with Crippen LogP contribution in [0.15, 0.2) is 35.8 Å². The fourth-order valence-corrected chi connectivity index (χ4v) is 1.42. The minimum atomic E-state index is -0.333. The third kappa shape index (κ3) is 1.03. The lowest BCUT2D eigenvalue weighted by Crippen LogP contribution is -2.40. The van der Waals surface area contributed by atoms with Gasteiger partial charge in [0.15, 0.2) is 11.7 Å². The van der Waals surface area contributed by atoms with Crippen molar-refractivity contribution in [2.75, 3.05) is 0 Å². The van der Waals surface area contributed by atoms with Crippen molar-refractivity contribution >= 4 is 5.78 Å². The van der Waals surface area contributed by atoms with Crippen LogP contribution >= 0.6 is 0 Å². The van der Waals surface area contributed by atoms with Gasteiger partial charge in [0.2, 0.25) is 0 Å². The van der Waals surface area contributed by atoms with Crippen molar-refractivity contribution in [1.82, 2.24) is 5.32 Å². The van der Waals surface area contributed by atoms with E-state index in [-0.39, 0.29) is 17.7 Å². The third-order valence-electron chi connectivity index (χ3n) is 2.04. The van der Waals surface area contributed by atoms with Crippen LogP contribution in [0.3, 0.4) is 0 Å². The van der Waals surface area contributed by atoms with Crippen molar-refractivity contribution in [1.29, 1.82) is 0 Å². The molecule has 0 radical (unpaired) electrons. The first-order chi connectivity index (χ1) is 5.77. The molecule has 1 aliphatic heterocycles. The number of fused-ring (bicyclic) bond motifs is 1. The Hall–Kier alpha value is -1.51. The van der Waals surface area contributed by atoms with Gasteiger partial charge in [0.1, 0.15) is 6.04 Å². The van der Waals surface area contributed by atoms with Gasteiger partial charge in [0.05, 0.1) is 0 Å². The van der Waals surface area contributed by atoms with Crippen molar-refractivity contribution in [2.24, 2.45) is 0 Å². The molecule has 1 unspecified atom stereocenters. The van der Waals surface area contributed by atoms with Crippen LogP contribution in [-0.4, -0.2) is 16.9 Å². The van der Waals surface area contributed by atoms with E-state index in [0.29, 0.717) is 0 Å². The standard InChI is InChI=1S/C9H9NO2/c11-7-3-1-2-6-4-5-8(12)10-9(6)7/h1,3-5,9-10,12H,2H2. The molecule has 0 spiro atoms. The lowest BCUT2D eigenvalue weighted by atomic mass is 9.92. The largest absolute Gasteiger partial charge is 0.495 e. The van der Waals surface area contributed by atoms with E-state index in [1.165, 1.54) is 0 Å². The average molecular weight is 163 g/mol. The van der Waals surface area contributed by atoms with E-state index in [2.05, 4.69) is 5.32 Å². The van der Waals surface area contributed by atoms with Gasteiger partial charge in [-0.25, -0.2) is 0 Å². The molecule has 0 aromatic rings. The second-order valence-electron chi connectivity index (χ2n) is 2.88. The van der Waals surface area contributed by atoms with E-state index in [4.69, 9.17) is 5.11 Å². The molecule has 0 bridgehead atoms. The molecule has 12 heavy (non-hydrogen) atoms. The van der Waals surface area contributed by atoms with Crippen LogP contribution in [-0.2, 0) is 4.79 Å². The minimum absolute atomic E-state index is 0.00662. The minimum Gasteiger partial charge on any atom is -0.495 e. The first-order valence-electron chi connectivity index (χ1n) is 3.84. The second kappa shape index (κ2) is 2.52. The average Bonchev–Trinajstić information content (AvgIpc) is 2.07. The first kappa shape index (κ1) is 7.16. The maximum atomic E-state index is 11.2. The fraction of sp³-hybridized carbons (Fsp3) is 0.222. The van der Waals surface area contributed by atoms with E-state index in [1.54, 1.807) is 18.2 Å². The van der Waals surface area contributed by atoms with Crippen LogP contribution in [0.2, 0.25) is 0 Å². The van der Waals surface area contributed by atoms with Crippen LogP contribution in [0, 0.1) is 0 Å². The molecule has 0 amide bonds. The highest BCUT2D eigenvalue weighted by molar-refractivity contribution is 5.98. The number of nitrogens with one attached hydrogen (secondary N) is 1. The number of hydrogen-bond donors (Lipinski definition) is 2. The summed E-state index contributed by atoms with van der Waals surface area (Å²) in [5.41, 5.74) is 1.01. The Kier molecular flexibility index (Phi) is 1.50. The van der Waals surface area contributed by atoms with Gasteiger partial charge in [-0.15, -0.1) is 0 Å². The van der Waals surface area contributed by atoms with E-state index >= 15 is 0 Å². The van der Waals surface area contributed by atoms with Gasteiger partial charge in [-0.1, -0.05) is 12.2 Å². The van der Waals surface area contributed by atoms with Crippen molar-refractivity contribution in [3.8, 4) is 0 Å². The van der Waals surface area contributed by atoms with Crippen LogP contribution in [0.1, 0.15) is 6.42 Å². The van der Waals surface area contributed by atoms with Gasteiger partial charge < -0.3 is 10.4 Å². The maximum Gasteiger partial charge on any atom is 0.184 e. The summed E-state index contributed by atoms with van der Waals surface area (Å²) >= 11 is 0. The molecule has 1 aliphatic carbocycles. The molecule has 1 atom stereocenters. The molecule has 0 aromatic heterocycles. The molecular formula is C9H9NO2. The topological polar surface area (TPSA) is 49.3 Å². The summed E-state index contributed by atoms with van der Waals surface area (Å²) in [7, 11) is 0. The molecular weight excluding hydrogens is 154 g/mol. The van der Waals surface area contributed by atoms with E-state index in [0.717, 1.165) is 12.0 Å². The number of carbonyl (C=O) groups excluding carboxylic acids is 1. The van der Waals surface area contributed by atoms with E-state index in [9.17, 15) is 4.79 Å². The summed E-state index contributed by atoms with van der Waals surface area (Å²) in [6, 6.07) is -0.333. The monoisotopic (exact) mass is 163 g/mol. The molecule has 62 valence electrons. The number of aliphatic hydroxyl groups excluding tert-OH is 1. The van der Waals surface area contributed by atoms with Crippen molar-refractivity contribution in [3.63, 3.8) is 0 Å². The van der Waals surface area contributed by atoms with Gasteiger partial charge in [0, 0.05) is 0 Å². The number of rotatable bonds is 0. The molecule has 2 rings (SSSR count). The highest BCUT2D eigenvalue weighted by Gasteiger charge is 2.25. The first-order valence-corrected chi connectivity index (χ1v) is 3.84.